The van der Waals surface area contributed by atoms with Crippen molar-refractivity contribution in [2.45, 2.75) is 19.9 Å². The highest BCUT2D eigenvalue weighted by molar-refractivity contribution is 6.34. The van der Waals surface area contributed by atoms with Crippen molar-refractivity contribution in [3.63, 3.8) is 0 Å². The fourth-order valence-electron chi connectivity index (χ4n) is 1.59. The monoisotopic (exact) mass is 249 g/mol. The molecule has 2 aromatic heterocycles. The van der Waals surface area contributed by atoms with Crippen molar-refractivity contribution in [3.05, 3.63) is 47.0 Å². The van der Waals surface area contributed by atoms with E-state index < -0.39 is 0 Å². The van der Waals surface area contributed by atoms with Gasteiger partial charge in [0.25, 0.3) is 0 Å². The molecular formula is C12H12ClN3O. The SMILES string of the molecule is CC(C)n1ncc(Cl)c1C(=O)c1ccncc1. The van der Waals surface area contributed by atoms with Crippen LogP contribution in [0.25, 0.3) is 0 Å². The zero-order chi connectivity index (χ0) is 12.4. The lowest BCUT2D eigenvalue weighted by atomic mass is 10.1. The average molecular weight is 250 g/mol. The summed E-state index contributed by atoms with van der Waals surface area (Å²) in [6.45, 7) is 3.90. The first kappa shape index (κ1) is 11.8. The summed E-state index contributed by atoms with van der Waals surface area (Å²) in [5, 5.41) is 4.49. The van der Waals surface area contributed by atoms with Gasteiger partial charge in [0.2, 0.25) is 5.78 Å². The highest BCUT2D eigenvalue weighted by atomic mass is 35.5. The molecule has 0 radical (unpaired) electrons. The molecule has 88 valence electrons. The van der Waals surface area contributed by atoms with Crippen molar-refractivity contribution in [3.8, 4) is 0 Å². The molecule has 0 fully saturated rings. The van der Waals surface area contributed by atoms with Gasteiger partial charge in [-0.25, -0.2) is 0 Å². The Morgan fingerprint density at radius 2 is 2.00 bits per heavy atom. The number of halogens is 1. The van der Waals surface area contributed by atoms with E-state index in [-0.39, 0.29) is 11.8 Å². The van der Waals surface area contributed by atoms with E-state index in [0.717, 1.165) is 0 Å². The van der Waals surface area contributed by atoms with E-state index in [1.54, 1.807) is 29.2 Å². The quantitative estimate of drug-likeness (QED) is 0.786. The van der Waals surface area contributed by atoms with Crippen LogP contribution in [0, 0.1) is 0 Å². The van der Waals surface area contributed by atoms with Crippen molar-refractivity contribution in [2.75, 3.05) is 0 Å². The molecule has 17 heavy (non-hydrogen) atoms. The summed E-state index contributed by atoms with van der Waals surface area (Å²) >= 11 is 6.01. The average Bonchev–Trinajstić information content (AvgIpc) is 2.71. The van der Waals surface area contributed by atoms with Crippen LogP contribution in [-0.2, 0) is 0 Å². The molecule has 0 saturated heterocycles. The van der Waals surface area contributed by atoms with Crippen molar-refractivity contribution >= 4 is 17.4 Å². The summed E-state index contributed by atoms with van der Waals surface area (Å²) in [6, 6.07) is 3.41. The summed E-state index contributed by atoms with van der Waals surface area (Å²) in [5.74, 6) is -0.136. The van der Waals surface area contributed by atoms with Gasteiger partial charge in [-0.1, -0.05) is 11.6 Å². The number of carbonyl (C=O) groups excluding carboxylic acids is 1. The van der Waals surface area contributed by atoms with Gasteiger partial charge in [-0.15, -0.1) is 0 Å². The third kappa shape index (κ3) is 2.22. The van der Waals surface area contributed by atoms with Crippen LogP contribution >= 0.6 is 11.6 Å². The summed E-state index contributed by atoms with van der Waals surface area (Å²) in [6.07, 6.45) is 4.66. The van der Waals surface area contributed by atoms with Gasteiger partial charge in [0.1, 0.15) is 5.69 Å². The predicted molar refractivity (Wildman–Crippen MR) is 65.3 cm³/mol. The molecule has 4 nitrogen and oxygen atoms in total. The van der Waals surface area contributed by atoms with Gasteiger partial charge in [-0.3, -0.25) is 14.5 Å². The van der Waals surface area contributed by atoms with Gasteiger partial charge in [0.05, 0.1) is 11.2 Å². The Bertz CT molecular complexity index is 534. The molecule has 0 bridgehead atoms. The number of nitrogens with zero attached hydrogens (tertiary/aromatic N) is 3. The highest BCUT2D eigenvalue weighted by Crippen LogP contribution is 2.21. The summed E-state index contributed by atoms with van der Waals surface area (Å²) in [5.41, 5.74) is 0.983. The first-order chi connectivity index (χ1) is 8.11. The molecule has 2 rings (SSSR count). The van der Waals surface area contributed by atoms with Crippen LogP contribution in [0.15, 0.2) is 30.7 Å². The van der Waals surface area contributed by atoms with Crippen LogP contribution in [0.1, 0.15) is 35.9 Å². The summed E-state index contributed by atoms with van der Waals surface area (Å²) in [4.78, 5) is 16.2. The van der Waals surface area contributed by atoms with E-state index in [0.29, 0.717) is 16.3 Å². The summed E-state index contributed by atoms with van der Waals surface area (Å²) in [7, 11) is 0. The van der Waals surface area contributed by atoms with E-state index in [1.165, 1.54) is 6.20 Å². The third-order valence-corrected chi connectivity index (χ3v) is 2.67. The van der Waals surface area contributed by atoms with Crippen LogP contribution in [0.5, 0.6) is 0 Å². The topological polar surface area (TPSA) is 47.8 Å². The van der Waals surface area contributed by atoms with Crippen molar-refractivity contribution in [1.29, 1.82) is 0 Å². The molecule has 0 amide bonds. The Hall–Kier alpha value is -1.68. The van der Waals surface area contributed by atoms with E-state index in [1.807, 2.05) is 13.8 Å². The maximum absolute atomic E-state index is 12.3. The second kappa shape index (κ2) is 4.67. The van der Waals surface area contributed by atoms with Crippen LogP contribution in [0.4, 0.5) is 0 Å². The molecule has 2 heterocycles. The van der Waals surface area contributed by atoms with Gasteiger partial charge in [0.15, 0.2) is 0 Å². The van der Waals surface area contributed by atoms with Gasteiger partial charge in [-0.05, 0) is 26.0 Å². The lowest BCUT2D eigenvalue weighted by molar-refractivity contribution is 0.102. The Labute approximate surface area is 104 Å². The number of aromatic nitrogens is 3. The van der Waals surface area contributed by atoms with E-state index in [4.69, 9.17) is 11.6 Å². The zero-order valence-electron chi connectivity index (χ0n) is 9.59. The summed E-state index contributed by atoms with van der Waals surface area (Å²) < 4.78 is 1.63. The molecule has 0 spiro atoms. The number of pyridine rings is 1. The minimum atomic E-state index is -0.136. The van der Waals surface area contributed by atoms with Crippen molar-refractivity contribution in [1.82, 2.24) is 14.8 Å². The fourth-order valence-corrected chi connectivity index (χ4v) is 1.80. The number of rotatable bonds is 3. The third-order valence-electron chi connectivity index (χ3n) is 2.40. The van der Waals surface area contributed by atoms with Crippen LogP contribution in [0.2, 0.25) is 5.02 Å². The number of ketones is 1. The zero-order valence-corrected chi connectivity index (χ0v) is 10.3. The van der Waals surface area contributed by atoms with Crippen molar-refractivity contribution in [2.24, 2.45) is 0 Å². The number of hydrogen-bond donors (Lipinski definition) is 0. The van der Waals surface area contributed by atoms with Gasteiger partial charge in [-0.2, -0.15) is 5.10 Å². The first-order valence-electron chi connectivity index (χ1n) is 5.29. The molecule has 0 saturated carbocycles. The van der Waals surface area contributed by atoms with E-state index >= 15 is 0 Å². The smallest absolute Gasteiger partial charge is 0.212 e. The lowest BCUT2D eigenvalue weighted by Crippen LogP contribution is -2.13. The van der Waals surface area contributed by atoms with Crippen LogP contribution in [-0.4, -0.2) is 20.5 Å². The fraction of sp³-hybridized carbons (Fsp3) is 0.250. The minimum absolute atomic E-state index is 0.0864. The largest absolute Gasteiger partial charge is 0.287 e. The molecule has 2 aromatic rings. The van der Waals surface area contributed by atoms with Crippen molar-refractivity contribution < 1.29 is 4.79 Å². The van der Waals surface area contributed by atoms with Crippen LogP contribution in [0.3, 0.4) is 0 Å². The predicted octanol–water partition coefficient (Wildman–Crippen LogP) is 2.74. The number of carbonyl (C=O) groups is 1. The molecule has 0 unspecified atom stereocenters. The molecule has 0 aliphatic rings. The molecule has 5 heteroatoms. The standard InChI is InChI=1S/C12H12ClN3O/c1-8(2)16-11(10(13)7-15-16)12(17)9-3-5-14-6-4-9/h3-8H,1-2H3. The van der Waals surface area contributed by atoms with E-state index in [9.17, 15) is 4.79 Å². The molecule has 0 N–H and O–H groups in total. The molecule has 0 aliphatic heterocycles. The first-order valence-corrected chi connectivity index (χ1v) is 5.66. The second-order valence-corrected chi connectivity index (χ2v) is 4.35. The van der Waals surface area contributed by atoms with Gasteiger partial charge < -0.3 is 0 Å². The Morgan fingerprint density at radius 3 is 2.59 bits per heavy atom. The molecule has 0 aliphatic carbocycles. The lowest BCUT2D eigenvalue weighted by Gasteiger charge is -2.10. The maximum atomic E-state index is 12.3. The molecular weight excluding hydrogens is 238 g/mol. The Balaban J connectivity index is 2.48. The molecule has 0 aromatic carbocycles. The van der Waals surface area contributed by atoms with E-state index in [2.05, 4.69) is 10.1 Å². The number of hydrogen-bond acceptors (Lipinski definition) is 3. The van der Waals surface area contributed by atoms with Gasteiger partial charge in [0, 0.05) is 24.0 Å². The maximum Gasteiger partial charge on any atom is 0.212 e. The molecule has 0 atom stereocenters. The Morgan fingerprint density at radius 1 is 1.35 bits per heavy atom. The second-order valence-electron chi connectivity index (χ2n) is 3.94. The normalized spacial score (nSPS) is 10.8. The van der Waals surface area contributed by atoms with Crippen LogP contribution < -0.4 is 0 Å². The van der Waals surface area contributed by atoms with Gasteiger partial charge >= 0.3 is 0 Å². The Kier molecular flexibility index (Phi) is 3.24. The highest BCUT2D eigenvalue weighted by Gasteiger charge is 2.20. The minimum Gasteiger partial charge on any atom is -0.287 e.